The number of thioether (sulfide) groups is 1. The van der Waals surface area contributed by atoms with E-state index in [0.717, 1.165) is 11.8 Å². The molecule has 1 heterocycles. The Morgan fingerprint density at radius 1 is 1.91 bits per heavy atom. The lowest BCUT2D eigenvalue weighted by Gasteiger charge is -2.08. The van der Waals surface area contributed by atoms with Gasteiger partial charge < -0.3 is 9.90 Å². The van der Waals surface area contributed by atoms with Gasteiger partial charge in [-0.25, -0.2) is 4.98 Å². The van der Waals surface area contributed by atoms with Crippen LogP contribution in [0, 0.1) is 0 Å². The van der Waals surface area contributed by atoms with Crippen molar-refractivity contribution in [2.75, 3.05) is 0 Å². The summed E-state index contributed by atoms with van der Waals surface area (Å²) in [5.41, 5.74) is 0. The molecule has 0 saturated heterocycles. The zero-order valence-corrected chi connectivity index (χ0v) is 6.59. The highest BCUT2D eigenvalue weighted by Crippen LogP contribution is 2.16. The van der Waals surface area contributed by atoms with E-state index in [1.54, 1.807) is 0 Å². The molecule has 0 amide bonds. The Labute approximate surface area is 67.2 Å². The molecule has 1 atom stereocenters. The van der Waals surface area contributed by atoms with Crippen LogP contribution in [0.15, 0.2) is 11.5 Å². The lowest BCUT2D eigenvalue weighted by atomic mass is 10.5. The predicted molar refractivity (Wildman–Crippen MR) is 36.7 cm³/mol. The monoisotopic (exact) mass is 172 g/mol. The number of hydrogen-bond donors (Lipinski definition) is 1. The van der Waals surface area contributed by atoms with Gasteiger partial charge in [0.1, 0.15) is 6.33 Å². The molecule has 0 unspecified atom stereocenters. The van der Waals surface area contributed by atoms with E-state index in [2.05, 4.69) is 15.2 Å². The minimum absolute atomic E-state index is 0.488. The maximum Gasteiger partial charge on any atom is 0.184 e. The third-order valence-electron chi connectivity index (χ3n) is 1.01. The summed E-state index contributed by atoms with van der Waals surface area (Å²) < 4.78 is 0. The Bertz CT molecular complexity index is 236. The summed E-state index contributed by atoms with van der Waals surface area (Å²) >= 11 is 1.07. The second kappa shape index (κ2) is 3.38. The topological polar surface area (TPSA) is 81.7 Å². The average molecular weight is 172 g/mol. The Balaban J connectivity index is 2.50. The molecule has 0 radical (unpaired) electrons. The SMILES string of the molecule is C[C@H](Sc1ncn[nH]1)C(=O)[O-]. The molecule has 0 aliphatic carbocycles. The standard InChI is InChI=1S/C5H7N3O2S/c1-3(4(9)10)11-5-6-2-7-8-5/h2-3H,1H3,(H,9,10)(H,6,7,8)/p-1/t3-/m0/s1. The number of carboxylic acid groups (broad SMARTS) is 1. The Hall–Kier alpha value is -1.04. The highest BCUT2D eigenvalue weighted by molar-refractivity contribution is 8.00. The Morgan fingerprint density at radius 3 is 3.09 bits per heavy atom. The number of aromatic nitrogens is 3. The molecule has 0 spiro atoms. The molecule has 6 heteroatoms. The fourth-order valence-corrected chi connectivity index (χ4v) is 1.11. The number of aliphatic carboxylic acids is 1. The van der Waals surface area contributed by atoms with Gasteiger partial charge in [-0.05, 0) is 6.92 Å². The summed E-state index contributed by atoms with van der Waals surface area (Å²) in [6.45, 7) is 1.53. The van der Waals surface area contributed by atoms with E-state index in [4.69, 9.17) is 0 Å². The minimum Gasteiger partial charge on any atom is -0.549 e. The molecule has 1 aromatic heterocycles. The molecule has 0 aromatic carbocycles. The molecular formula is C5H6N3O2S-. The maximum absolute atomic E-state index is 10.2. The summed E-state index contributed by atoms with van der Waals surface area (Å²) in [6, 6.07) is 0. The van der Waals surface area contributed by atoms with Crippen LogP contribution < -0.4 is 5.11 Å². The van der Waals surface area contributed by atoms with Crippen molar-refractivity contribution in [1.29, 1.82) is 0 Å². The van der Waals surface area contributed by atoms with Crippen molar-refractivity contribution in [3.05, 3.63) is 6.33 Å². The number of hydrogen-bond acceptors (Lipinski definition) is 5. The average Bonchev–Trinajstić information content (AvgIpc) is 2.39. The molecule has 1 rings (SSSR count). The van der Waals surface area contributed by atoms with Crippen molar-refractivity contribution >= 4 is 17.7 Å². The van der Waals surface area contributed by atoms with Gasteiger partial charge in [0.2, 0.25) is 0 Å². The molecule has 11 heavy (non-hydrogen) atoms. The smallest absolute Gasteiger partial charge is 0.184 e. The molecule has 0 saturated carbocycles. The van der Waals surface area contributed by atoms with Crippen LogP contribution in [0.5, 0.6) is 0 Å². The predicted octanol–water partition coefficient (Wildman–Crippen LogP) is -0.965. The van der Waals surface area contributed by atoms with Gasteiger partial charge in [-0.1, -0.05) is 11.8 Å². The van der Waals surface area contributed by atoms with Crippen molar-refractivity contribution in [3.8, 4) is 0 Å². The highest BCUT2D eigenvalue weighted by Gasteiger charge is 2.06. The van der Waals surface area contributed by atoms with Gasteiger partial charge in [0.25, 0.3) is 0 Å². The number of nitrogens with zero attached hydrogens (tertiary/aromatic N) is 2. The van der Waals surface area contributed by atoms with Crippen molar-refractivity contribution < 1.29 is 9.90 Å². The van der Waals surface area contributed by atoms with E-state index in [0.29, 0.717) is 5.16 Å². The zero-order valence-electron chi connectivity index (χ0n) is 5.77. The number of carbonyl (C=O) groups excluding carboxylic acids is 1. The van der Waals surface area contributed by atoms with Gasteiger partial charge in [0, 0.05) is 5.25 Å². The third kappa shape index (κ3) is 2.23. The number of aromatic amines is 1. The molecule has 0 aliphatic heterocycles. The van der Waals surface area contributed by atoms with Crippen LogP contribution in [0.25, 0.3) is 0 Å². The van der Waals surface area contributed by atoms with E-state index in [-0.39, 0.29) is 0 Å². The van der Waals surface area contributed by atoms with E-state index < -0.39 is 11.2 Å². The van der Waals surface area contributed by atoms with Gasteiger partial charge in [-0.3, -0.25) is 5.10 Å². The Kier molecular flexibility index (Phi) is 2.48. The van der Waals surface area contributed by atoms with E-state index in [1.807, 2.05) is 0 Å². The largest absolute Gasteiger partial charge is 0.549 e. The van der Waals surface area contributed by atoms with Crippen molar-refractivity contribution in [1.82, 2.24) is 15.2 Å². The quantitative estimate of drug-likeness (QED) is 0.593. The highest BCUT2D eigenvalue weighted by atomic mass is 32.2. The van der Waals surface area contributed by atoms with E-state index in [1.165, 1.54) is 13.3 Å². The van der Waals surface area contributed by atoms with Gasteiger partial charge in [-0.2, -0.15) is 5.10 Å². The molecule has 60 valence electrons. The Morgan fingerprint density at radius 2 is 2.64 bits per heavy atom. The summed E-state index contributed by atoms with van der Waals surface area (Å²) in [4.78, 5) is 14.0. The third-order valence-corrected chi connectivity index (χ3v) is 1.98. The van der Waals surface area contributed by atoms with Crippen LogP contribution in [0.4, 0.5) is 0 Å². The normalized spacial score (nSPS) is 12.8. The fourth-order valence-electron chi connectivity index (χ4n) is 0.467. The molecule has 0 bridgehead atoms. The van der Waals surface area contributed by atoms with Crippen LogP contribution >= 0.6 is 11.8 Å². The van der Waals surface area contributed by atoms with Crippen LogP contribution in [-0.2, 0) is 4.79 Å². The van der Waals surface area contributed by atoms with Crippen LogP contribution in [0.1, 0.15) is 6.92 Å². The van der Waals surface area contributed by atoms with E-state index >= 15 is 0 Å². The van der Waals surface area contributed by atoms with Crippen molar-refractivity contribution in [2.24, 2.45) is 0 Å². The van der Waals surface area contributed by atoms with Crippen LogP contribution in [-0.4, -0.2) is 26.4 Å². The number of carbonyl (C=O) groups is 1. The maximum atomic E-state index is 10.2. The molecule has 0 aliphatic rings. The van der Waals surface area contributed by atoms with Gasteiger partial charge in [0.15, 0.2) is 5.16 Å². The number of carboxylic acids is 1. The van der Waals surface area contributed by atoms with E-state index in [9.17, 15) is 9.90 Å². The van der Waals surface area contributed by atoms with Gasteiger partial charge in [-0.15, -0.1) is 0 Å². The summed E-state index contributed by atoms with van der Waals surface area (Å²) in [5.74, 6) is -1.11. The van der Waals surface area contributed by atoms with Crippen molar-refractivity contribution in [3.63, 3.8) is 0 Å². The summed E-state index contributed by atoms with van der Waals surface area (Å²) in [6.07, 6.45) is 1.32. The summed E-state index contributed by atoms with van der Waals surface area (Å²) in [7, 11) is 0. The first-order valence-electron chi connectivity index (χ1n) is 2.93. The number of H-pyrrole nitrogens is 1. The molecule has 1 N–H and O–H groups in total. The van der Waals surface area contributed by atoms with Crippen LogP contribution in [0.3, 0.4) is 0 Å². The molecular weight excluding hydrogens is 166 g/mol. The minimum atomic E-state index is -1.11. The second-order valence-electron chi connectivity index (χ2n) is 1.87. The first-order valence-corrected chi connectivity index (χ1v) is 3.81. The number of nitrogens with one attached hydrogen (secondary N) is 1. The summed E-state index contributed by atoms with van der Waals surface area (Å²) in [5, 5.41) is 16.2. The van der Waals surface area contributed by atoms with Gasteiger partial charge in [0.05, 0.1) is 5.97 Å². The molecule has 0 fully saturated rings. The molecule has 1 aromatic rings. The molecule has 5 nitrogen and oxygen atoms in total. The first kappa shape index (κ1) is 8.06. The zero-order chi connectivity index (χ0) is 8.27. The lowest BCUT2D eigenvalue weighted by molar-refractivity contribution is -0.304. The van der Waals surface area contributed by atoms with Gasteiger partial charge >= 0.3 is 0 Å². The second-order valence-corrected chi connectivity index (χ2v) is 3.20. The fraction of sp³-hybridized carbons (Fsp3) is 0.400. The van der Waals surface area contributed by atoms with Crippen LogP contribution in [0.2, 0.25) is 0 Å². The van der Waals surface area contributed by atoms with Crippen molar-refractivity contribution in [2.45, 2.75) is 17.3 Å². The first-order chi connectivity index (χ1) is 5.20. The lowest BCUT2D eigenvalue weighted by Crippen LogP contribution is -2.31. The number of rotatable bonds is 3.